The maximum absolute atomic E-state index is 12.1. The smallest absolute Gasteiger partial charge is 0.381 e. The summed E-state index contributed by atoms with van der Waals surface area (Å²) in [6.07, 6.45) is 5.06. The Kier molecular flexibility index (Phi) is 10.8. The zero-order valence-electron chi connectivity index (χ0n) is 16.4. The van der Waals surface area contributed by atoms with Crippen LogP contribution in [0.2, 0.25) is 0 Å². The average Bonchev–Trinajstić information content (AvgIpc) is 2.87. The molecule has 0 heterocycles. The molecule has 0 bridgehead atoms. The fourth-order valence-corrected chi connectivity index (χ4v) is 3.51. The van der Waals surface area contributed by atoms with Gasteiger partial charge in [0.25, 0.3) is 0 Å². The number of carboxylic acid groups (broad SMARTS) is 1. The lowest BCUT2D eigenvalue weighted by Crippen LogP contribution is -2.20. The van der Waals surface area contributed by atoms with Crippen LogP contribution in [0.1, 0.15) is 71.6 Å². The van der Waals surface area contributed by atoms with Crippen molar-refractivity contribution in [3.8, 4) is 23.7 Å². The maximum Gasteiger partial charge on any atom is 0.381 e. The van der Waals surface area contributed by atoms with Gasteiger partial charge in [0.2, 0.25) is 0 Å². The molecule has 0 aromatic carbocycles. The summed E-state index contributed by atoms with van der Waals surface area (Å²) in [5.74, 6) is 8.98. The van der Waals surface area contributed by atoms with Crippen molar-refractivity contribution in [1.82, 2.24) is 0 Å². The zero-order chi connectivity index (χ0) is 20.2. The summed E-state index contributed by atoms with van der Waals surface area (Å²) >= 11 is 0. The number of unbranched alkanes of at least 4 members (excludes halogenated alkanes) is 3. The summed E-state index contributed by atoms with van der Waals surface area (Å²) in [5, 5.41) is 28.7. The molecule has 0 aromatic heterocycles. The number of aliphatic carboxylic acids is 1. The van der Waals surface area contributed by atoms with Crippen molar-refractivity contribution in [2.75, 3.05) is 0 Å². The normalized spacial score (nSPS) is 23.7. The number of carboxylic acids is 1. The molecule has 0 aromatic rings. The van der Waals surface area contributed by atoms with Gasteiger partial charge in [0.15, 0.2) is 0 Å². The second kappa shape index (κ2) is 12.5. The van der Waals surface area contributed by atoms with E-state index in [-0.39, 0.29) is 18.1 Å². The Morgan fingerprint density at radius 3 is 2.70 bits per heavy atom. The largest absolute Gasteiger partial charge is 0.472 e. The second-order valence-corrected chi connectivity index (χ2v) is 7.51. The molecule has 27 heavy (non-hydrogen) atoms. The van der Waals surface area contributed by atoms with E-state index in [4.69, 9.17) is 5.11 Å². The van der Waals surface area contributed by atoms with Crippen LogP contribution in [0, 0.1) is 41.4 Å². The highest BCUT2D eigenvalue weighted by molar-refractivity contribution is 5.86. The zero-order valence-corrected chi connectivity index (χ0v) is 16.4. The van der Waals surface area contributed by atoms with Crippen molar-refractivity contribution in [2.24, 2.45) is 17.8 Å². The first-order chi connectivity index (χ1) is 12.8. The van der Waals surface area contributed by atoms with E-state index in [1.54, 1.807) is 0 Å². The van der Waals surface area contributed by atoms with E-state index in [2.05, 4.69) is 37.5 Å². The molecule has 1 saturated carbocycles. The lowest BCUT2D eigenvalue weighted by atomic mass is 9.89. The van der Waals surface area contributed by atoms with Crippen LogP contribution in [0.3, 0.4) is 0 Å². The molecular formula is C22H32O5. The number of hydrogen-bond acceptors (Lipinski definition) is 4. The molecule has 5 nitrogen and oxygen atoms in total. The molecule has 0 aliphatic heterocycles. The van der Waals surface area contributed by atoms with Crippen LogP contribution < -0.4 is 0 Å². The van der Waals surface area contributed by atoms with Gasteiger partial charge >= 0.3 is 5.97 Å². The fraction of sp³-hybridized carbons (Fsp3) is 0.727. The standard InChI is InChI=1S/C22H32O5/c1-3-4-9-16(2)14-17(23)12-13-19-18(20(24)15-21(19)25)10-7-5-6-8-11-22(26)27/h16-19,21,23,25H,3-7,9-10,14-15H2,1-2H3,(H,26,27)/t16-,17-,18-,19-,21-/m1/s1. The van der Waals surface area contributed by atoms with E-state index >= 15 is 0 Å². The highest BCUT2D eigenvalue weighted by Gasteiger charge is 2.40. The van der Waals surface area contributed by atoms with Crippen molar-refractivity contribution in [2.45, 2.75) is 83.8 Å². The molecule has 5 heteroatoms. The molecular weight excluding hydrogens is 344 g/mol. The van der Waals surface area contributed by atoms with Crippen LogP contribution in [0.25, 0.3) is 0 Å². The van der Waals surface area contributed by atoms with Gasteiger partial charge in [-0.15, -0.1) is 0 Å². The van der Waals surface area contributed by atoms with Gasteiger partial charge in [-0.2, -0.15) is 0 Å². The first-order valence-corrected chi connectivity index (χ1v) is 9.96. The highest BCUT2D eigenvalue weighted by Crippen LogP contribution is 2.32. The molecule has 0 amide bonds. The number of aliphatic hydroxyl groups is 2. The third kappa shape index (κ3) is 9.09. The summed E-state index contributed by atoms with van der Waals surface area (Å²) in [6.45, 7) is 4.24. The number of rotatable bonds is 9. The van der Waals surface area contributed by atoms with Gasteiger partial charge in [-0.1, -0.05) is 57.3 Å². The van der Waals surface area contributed by atoms with Crippen LogP contribution in [0.15, 0.2) is 0 Å². The lowest BCUT2D eigenvalue weighted by Gasteiger charge is -2.16. The van der Waals surface area contributed by atoms with Gasteiger partial charge in [-0.05, 0) is 25.2 Å². The highest BCUT2D eigenvalue weighted by atomic mass is 16.4. The van der Waals surface area contributed by atoms with Gasteiger partial charge in [-0.25, -0.2) is 4.79 Å². The summed E-state index contributed by atoms with van der Waals surface area (Å²) < 4.78 is 0. The number of carbonyl (C=O) groups excluding carboxylic acids is 1. The van der Waals surface area contributed by atoms with E-state index in [1.807, 2.05) is 0 Å². The second-order valence-electron chi connectivity index (χ2n) is 7.51. The van der Waals surface area contributed by atoms with Crippen LogP contribution in [0.5, 0.6) is 0 Å². The molecule has 1 aliphatic rings. The van der Waals surface area contributed by atoms with Crippen molar-refractivity contribution >= 4 is 11.8 Å². The number of Topliss-reactive ketones (excluding diaryl/α,β-unsaturated/α-hetero) is 1. The van der Waals surface area contributed by atoms with Crippen molar-refractivity contribution in [3.05, 3.63) is 0 Å². The van der Waals surface area contributed by atoms with Gasteiger partial charge in [0.05, 0.1) is 12.0 Å². The molecule has 1 aliphatic carbocycles. The average molecular weight is 376 g/mol. The van der Waals surface area contributed by atoms with Gasteiger partial charge in [-0.3, -0.25) is 4.79 Å². The minimum Gasteiger partial charge on any atom is -0.472 e. The molecule has 0 radical (unpaired) electrons. The Hall–Kier alpha value is -1.82. The van der Waals surface area contributed by atoms with Crippen LogP contribution >= 0.6 is 0 Å². The van der Waals surface area contributed by atoms with Crippen LogP contribution in [0.4, 0.5) is 0 Å². The fourth-order valence-electron chi connectivity index (χ4n) is 3.51. The minimum atomic E-state index is -1.14. The van der Waals surface area contributed by atoms with E-state index in [0.29, 0.717) is 31.6 Å². The quantitative estimate of drug-likeness (QED) is 0.425. The molecule has 150 valence electrons. The summed E-state index contributed by atoms with van der Waals surface area (Å²) in [4.78, 5) is 22.5. The Bertz CT molecular complexity index is 604. The van der Waals surface area contributed by atoms with Crippen molar-refractivity contribution in [3.63, 3.8) is 0 Å². The lowest BCUT2D eigenvalue weighted by molar-refractivity contribution is -0.130. The van der Waals surface area contributed by atoms with Crippen LogP contribution in [-0.2, 0) is 9.59 Å². The molecule has 1 fully saturated rings. The van der Waals surface area contributed by atoms with E-state index in [1.165, 1.54) is 0 Å². The number of hydrogen-bond donors (Lipinski definition) is 3. The topological polar surface area (TPSA) is 94.8 Å². The third-order valence-electron chi connectivity index (χ3n) is 5.03. The predicted molar refractivity (Wildman–Crippen MR) is 104 cm³/mol. The predicted octanol–water partition coefficient (Wildman–Crippen LogP) is 2.78. The first kappa shape index (κ1) is 23.2. The van der Waals surface area contributed by atoms with Gasteiger partial charge in [0, 0.05) is 24.7 Å². The molecule has 0 saturated heterocycles. The summed E-state index contributed by atoms with van der Waals surface area (Å²) in [6, 6.07) is 0. The van der Waals surface area contributed by atoms with Gasteiger partial charge in [0.1, 0.15) is 11.9 Å². The van der Waals surface area contributed by atoms with E-state index in [9.17, 15) is 19.8 Å². The first-order valence-electron chi connectivity index (χ1n) is 9.96. The van der Waals surface area contributed by atoms with Crippen molar-refractivity contribution in [1.29, 1.82) is 0 Å². The Morgan fingerprint density at radius 2 is 2.04 bits per heavy atom. The number of carbonyl (C=O) groups is 2. The Morgan fingerprint density at radius 1 is 1.30 bits per heavy atom. The monoisotopic (exact) mass is 376 g/mol. The van der Waals surface area contributed by atoms with E-state index < -0.39 is 24.1 Å². The molecule has 0 spiro atoms. The maximum atomic E-state index is 12.1. The van der Waals surface area contributed by atoms with Crippen molar-refractivity contribution < 1.29 is 24.9 Å². The number of aliphatic hydroxyl groups excluding tert-OH is 2. The Balaban J connectivity index is 2.53. The molecule has 1 rings (SSSR count). The SMILES string of the molecule is CCCC[C@@H](C)C[C@H](O)C#C[C@H]1[C@H](O)CC(=O)[C@@H]1CCCCC#CC(=O)O. The number of ketones is 1. The molecule has 5 atom stereocenters. The third-order valence-corrected chi connectivity index (χ3v) is 5.03. The van der Waals surface area contributed by atoms with Crippen LogP contribution in [-0.4, -0.2) is 39.3 Å². The summed E-state index contributed by atoms with van der Waals surface area (Å²) in [7, 11) is 0. The Labute approximate surface area is 162 Å². The molecule has 0 unspecified atom stereocenters. The minimum absolute atomic E-state index is 0.0178. The van der Waals surface area contributed by atoms with Gasteiger partial charge < -0.3 is 15.3 Å². The molecule has 3 N–H and O–H groups in total. The summed E-state index contributed by atoms with van der Waals surface area (Å²) in [5.41, 5.74) is 0. The van der Waals surface area contributed by atoms with E-state index in [0.717, 1.165) is 25.7 Å².